The normalized spacial score (nSPS) is 24.3. The first-order valence-electron chi connectivity index (χ1n) is 7.37. The Balaban J connectivity index is 1.58. The van der Waals surface area contributed by atoms with Gasteiger partial charge in [-0.05, 0) is 45.1 Å². The van der Waals surface area contributed by atoms with E-state index in [9.17, 15) is 0 Å². The van der Waals surface area contributed by atoms with E-state index in [2.05, 4.69) is 20.6 Å². The highest BCUT2D eigenvalue weighted by Crippen LogP contribution is 2.23. The lowest BCUT2D eigenvalue weighted by Crippen LogP contribution is -2.38. The number of hydrogen-bond donors (Lipinski definition) is 2. The lowest BCUT2D eigenvalue weighted by Gasteiger charge is -2.23. The van der Waals surface area contributed by atoms with E-state index in [4.69, 9.17) is 4.74 Å². The van der Waals surface area contributed by atoms with Crippen LogP contribution in [0.5, 0.6) is 5.88 Å². The molecule has 1 saturated heterocycles. The second-order valence-corrected chi connectivity index (χ2v) is 5.43. The Hall–Kier alpha value is -1.36. The van der Waals surface area contributed by atoms with Gasteiger partial charge in [-0.15, -0.1) is 0 Å². The minimum absolute atomic E-state index is 0.346. The summed E-state index contributed by atoms with van der Waals surface area (Å²) in [4.78, 5) is 8.74. The molecule has 104 valence electrons. The van der Waals surface area contributed by atoms with E-state index in [0.29, 0.717) is 24.0 Å². The van der Waals surface area contributed by atoms with Crippen LogP contribution in [0.15, 0.2) is 12.3 Å². The average Bonchev–Trinajstić information content (AvgIpc) is 2.93. The van der Waals surface area contributed by atoms with Gasteiger partial charge in [-0.3, -0.25) is 0 Å². The number of aromatic nitrogens is 2. The molecule has 1 atom stereocenters. The number of nitrogens with one attached hydrogen (secondary N) is 2. The highest BCUT2D eigenvalue weighted by Gasteiger charge is 2.18. The molecule has 1 aliphatic carbocycles. The van der Waals surface area contributed by atoms with Crippen molar-refractivity contribution in [2.45, 2.75) is 50.7 Å². The van der Waals surface area contributed by atoms with Crippen LogP contribution in [0.3, 0.4) is 0 Å². The molecule has 0 bridgehead atoms. The van der Waals surface area contributed by atoms with Gasteiger partial charge in [0.05, 0.1) is 0 Å². The Labute approximate surface area is 114 Å². The molecule has 0 amide bonds. The maximum Gasteiger partial charge on any atom is 0.226 e. The van der Waals surface area contributed by atoms with Crippen molar-refractivity contribution in [3.8, 4) is 5.88 Å². The summed E-state index contributed by atoms with van der Waals surface area (Å²) in [6, 6.07) is 2.28. The molecule has 0 spiro atoms. The van der Waals surface area contributed by atoms with Gasteiger partial charge in [-0.1, -0.05) is 0 Å². The van der Waals surface area contributed by atoms with Gasteiger partial charge < -0.3 is 15.4 Å². The molecule has 1 aromatic heterocycles. The van der Waals surface area contributed by atoms with Crippen molar-refractivity contribution < 1.29 is 4.74 Å². The fourth-order valence-corrected chi connectivity index (χ4v) is 2.81. The quantitative estimate of drug-likeness (QED) is 0.868. The number of hydrogen-bond acceptors (Lipinski definition) is 5. The van der Waals surface area contributed by atoms with Crippen molar-refractivity contribution >= 4 is 5.95 Å². The predicted octanol–water partition coefficient (Wildman–Crippen LogP) is 1.96. The maximum atomic E-state index is 5.90. The van der Waals surface area contributed by atoms with Crippen LogP contribution in [0.25, 0.3) is 0 Å². The van der Waals surface area contributed by atoms with Gasteiger partial charge in [0.15, 0.2) is 0 Å². The molecule has 2 aliphatic rings. The molecule has 2 heterocycles. The first-order chi connectivity index (χ1) is 9.40. The summed E-state index contributed by atoms with van der Waals surface area (Å²) < 4.78 is 5.90. The van der Waals surface area contributed by atoms with Crippen molar-refractivity contribution in [2.75, 3.05) is 18.4 Å². The van der Waals surface area contributed by atoms with Crippen LogP contribution in [0.1, 0.15) is 38.5 Å². The lowest BCUT2D eigenvalue weighted by atomic mass is 10.1. The van der Waals surface area contributed by atoms with E-state index in [0.717, 1.165) is 25.9 Å². The summed E-state index contributed by atoms with van der Waals surface area (Å²) in [5.74, 6) is 1.39. The molecule has 2 N–H and O–H groups in total. The molecule has 0 aromatic carbocycles. The van der Waals surface area contributed by atoms with Crippen LogP contribution < -0.4 is 15.4 Å². The van der Waals surface area contributed by atoms with Crippen LogP contribution in [0, 0.1) is 0 Å². The van der Waals surface area contributed by atoms with E-state index in [-0.39, 0.29) is 0 Å². The van der Waals surface area contributed by atoms with Crippen molar-refractivity contribution in [1.82, 2.24) is 15.3 Å². The van der Waals surface area contributed by atoms with E-state index >= 15 is 0 Å². The smallest absolute Gasteiger partial charge is 0.226 e. The summed E-state index contributed by atoms with van der Waals surface area (Å²) in [6.45, 7) is 2.10. The molecule has 0 radical (unpaired) electrons. The van der Waals surface area contributed by atoms with E-state index < -0.39 is 0 Å². The fraction of sp³-hybridized carbons (Fsp3) is 0.714. The zero-order valence-electron chi connectivity index (χ0n) is 11.3. The summed E-state index contributed by atoms with van der Waals surface area (Å²) in [5.41, 5.74) is 0. The SMILES string of the molecule is c1cc(OC2CCCC2)nc(N[C@@H]2CCCNC2)n1. The first-order valence-corrected chi connectivity index (χ1v) is 7.37. The summed E-state index contributed by atoms with van der Waals surface area (Å²) in [5, 5.41) is 6.76. The Kier molecular flexibility index (Phi) is 4.13. The van der Waals surface area contributed by atoms with Crippen molar-refractivity contribution in [2.24, 2.45) is 0 Å². The minimum Gasteiger partial charge on any atom is -0.474 e. The van der Waals surface area contributed by atoms with Crippen LogP contribution in [-0.4, -0.2) is 35.2 Å². The van der Waals surface area contributed by atoms with Crippen LogP contribution in [0.2, 0.25) is 0 Å². The Morgan fingerprint density at radius 2 is 2.11 bits per heavy atom. The largest absolute Gasteiger partial charge is 0.474 e. The third kappa shape index (κ3) is 3.56. The number of nitrogens with zero attached hydrogens (tertiary/aromatic N) is 2. The van der Waals surface area contributed by atoms with Gasteiger partial charge >= 0.3 is 0 Å². The second kappa shape index (κ2) is 6.19. The minimum atomic E-state index is 0.346. The number of anilines is 1. The molecular formula is C14H22N4O. The Morgan fingerprint density at radius 1 is 1.21 bits per heavy atom. The Morgan fingerprint density at radius 3 is 2.89 bits per heavy atom. The van der Waals surface area contributed by atoms with Crippen molar-refractivity contribution in [1.29, 1.82) is 0 Å². The fourth-order valence-electron chi connectivity index (χ4n) is 2.81. The van der Waals surface area contributed by atoms with Crippen molar-refractivity contribution in [3.63, 3.8) is 0 Å². The number of rotatable bonds is 4. The molecule has 19 heavy (non-hydrogen) atoms. The van der Waals surface area contributed by atoms with Gasteiger partial charge in [-0.25, -0.2) is 4.98 Å². The summed E-state index contributed by atoms with van der Waals surface area (Å²) >= 11 is 0. The van der Waals surface area contributed by atoms with E-state index in [1.165, 1.54) is 25.7 Å². The van der Waals surface area contributed by atoms with Crippen LogP contribution >= 0.6 is 0 Å². The predicted molar refractivity (Wildman–Crippen MR) is 74.4 cm³/mol. The summed E-state index contributed by atoms with van der Waals surface area (Å²) in [7, 11) is 0. The second-order valence-electron chi connectivity index (χ2n) is 5.43. The molecule has 5 heteroatoms. The molecule has 1 saturated carbocycles. The molecule has 2 fully saturated rings. The molecule has 1 aliphatic heterocycles. The van der Waals surface area contributed by atoms with Gasteiger partial charge in [-0.2, -0.15) is 4.98 Å². The van der Waals surface area contributed by atoms with Crippen molar-refractivity contribution in [3.05, 3.63) is 12.3 Å². The monoisotopic (exact) mass is 262 g/mol. The zero-order chi connectivity index (χ0) is 12.9. The third-order valence-corrected chi connectivity index (χ3v) is 3.85. The molecule has 5 nitrogen and oxygen atoms in total. The average molecular weight is 262 g/mol. The topological polar surface area (TPSA) is 59.1 Å². The number of ether oxygens (including phenoxy) is 1. The number of piperidine rings is 1. The van der Waals surface area contributed by atoms with E-state index in [1.54, 1.807) is 6.20 Å². The van der Waals surface area contributed by atoms with Crippen LogP contribution in [0.4, 0.5) is 5.95 Å². The first kappa shape index (κ1) is 12.7. The van der Waals surface area contributed by atoms with E-state index in [1.807, 2.05) is 6.07 Å². The Bertz CT molecular complexity index is 400. The molecular weight excluding hydrogens is 240 g/mol. The molecule has 1 aromatic rings. The third-order valence-electron chi connectivity index (χ3n) is 3.85. The van der Waals surface area contributed by atoms with Crippen LogP contribution in [-0.2, 0) is 0 Å². The van der Waals surface area contributed by atoms with Gasteiger partial charge in [0.1, 0.15) is 6.10 Å². The zero-order valence-corrected chi connectivity index (χ0v) is 11.3. The molecule has 0 unspecified atom stereocenters. The van der Waals surface area contributed by atoms with Gasteiger partial charge in [0.2, 0.25) is 11.8 Å². The highest BCUT2D eigenvalue weighted by molar-refractivity contribution is 5.29. The highest BCUT2D eigenvalue weighted by atomic mass is 16.5. The lowest BCUT2D eigenvalue weighted by molar-refractivity contribution is 0.201. The van der Waals surface area contributed by atoms with Gasteiger partial charge in [0, 0.05) is 24.8 Å². The van der Waals surface area contributed by atoms with Gasteiger partial charge in [0.25, 0.3) is 0 Å². The maximum absolute atomic E-state index is 5.90. The summed E-state index contributed by atoms with van der Waals surface area (Å²) in [6.07, 6.45) is 9.34. The standard InChI is InChI=1S/C14H22N4O/c1-2-6-12(5-1)19-13-7-9-16-14(18-13)17-11-4-3-8-15-10-11/h7,9,11-12,15H,1-6,8,10H2,(H,16,17,18)/t11-/m1/s1. The molecule has 3 rings (SSSR count).